The van der Waals surface area contributed by atoms with Gasteiger partial charge in [0.15, 0.2) is 5.58 Å². The summed E-state index contributed by atoms with van der Waals surface area (Å²) in [5.41, 5.74) is 3.35. The van der Waals surface area contributed by atoms with Crippen LogP contribution in [0.5, 0.6) is 0 Å². The fourth-order valence-electron chi connectivity index (χ4n) is 2.62. The molecule has 0 radical (unpaired) electrons. The van der Waals surface area contributed by atoms with E-state index < -0.39 is 0 Å². The Morgan fingerprint density at radius 1 is 1.20 bits per heavy atom. The van der Waals surface area contributed by atoms with Gasteiger partial charge in [-0.15, -0.1) is 0 Å². The van der Waals surface area contributed by atoms with Crippen molar-refractivity contribution in [2.45, 2.75) is 47.1 Å². The van der Waals surface area contributed by atoms with Crippen molar-refractivity contribution >= 4 is 22.6 Å². The minimum atomic E-state index is 0.421. The minimum Gasteiger partial charge on any atom is -0.458 e. The maximum Gasteiger partial charge on any atom is 0.153 e. The highest BCUT2D eigenvalue weighted by Crippen LogP contribution is 2.37. The van der Waals surface area contributed by atoms with Crippen molar-refractivity contribution < 1.29 is 4.42 Å². The molecule has 2 rings (SSSR count). The molecule has 0 bridgehead atoms. The number of hydrogen-bond donors (Lipinski definition) is 1. The van der Waals surface area contributed by atoms with E-state index in [-0.39, 0.29) is 0 Å². The Balaban J connectivity index is 2.46. The van der Waals surface area contributed by atoms with Crippen LogP contribution in [-0.4, -0.2) is 6.54 Å². The van der Waals surface area contributed by atoms with Crippen LogP contribution in [0.25, 0.3) is 11.0 Å². The van der Waals surface area contributed by atoms with Crippen LogP contribution in [0.2, 0.25) is 5.02 Å². The van der Waals surface area contributed by atoms with Crippen LogP contribution < -0.4 is 5.32 Å². The van der Waals surface area contributed by atoms with E-state index in [9.17, 15) is 0 Å². The molecule has 1 N–H and O–H groups in total. The smallest absolute Gasteiger partial charge is 0.153 e. The second-order valence-electron chi connectivity index (χ2n) is 6.19. The monoisotopic (exact) mass is 293 g/mol. The van der Waals surface area contributed by atoms with Gasteiger partial charge in [0.1, 0.15) is 5.76 Å². The van der Waals surface area contributed by atoms with Crippen LogP contribution in [0.1, 0.15) is 50.5 Å². The van der Waals surface area contributed by atoms with Gasteiger partial charge in [-0.05, 0) is 36.9 Å². The Hall–Kier alpha value is -0.990. The zero-order valence-corrected chi connectivity index (χ0v) is 13.8. The highest BCUT2D eigenvalue weighted by Gasteiger charge is 2.20. The van der Waals surface area contributed by atoms with E-state index >= 15 is 0 Å². The minimum absolute atomic E-state index is 0.421. The Morgan fingerprint density at radius 2 is 1.90 bits per heavy atom. The van der Waals surface area contributed by atoms with Crippen molar-refractivity contribution in [1.82, 2.24) is 5.32 Å². The van der Waals surface area contributed by atoms with Crippen molar-refractivity contribution in [2.24, 2.45) is 5.92 Å². The average Bonchev–Trinajstić information content (AvgIpc) is 2.74. The van der Waals surface area contributed by atoms with Crippen LogP contribution in [0.4, 0.5) is 0 Å². The van der Waals surface area contributed by atoms with Crippen molar-refractivity contribution in [3.8, 4) is 0 Å². The first-order chi connectivity index (χ1) is 9.41. The molecule has 110 valence electrons. The molecule has 2 aromatic rings. The van der Waals surface area contributed by atoms with Gasteiger partial charge in [-0.2, -0.15) is 0 Å². The third kappa shape index (κ3) is 3.02. The largest absolute Gasteiger partial charge is 0.458 e. The van der Waals surface area contributed by atoms with Crippen molar-refractivity contribution in [1.29, 1.82) is 0 Å². The predicted octanol–water partition coefficient (Wildman–Crippen LogP) is 5.26. The van der Waals surface area contributed by atoms with Crippen LogP contribution in [0.3, 0.4) is 0 Å². The standard InChI is InChI=1S/C17H24ClNO/c1-10(2)8-19-9-14-15(11(3)4)16-12(5)6-7-13(18)17(16)20-14/h6-7,10-11,19H,8-9H2,1-5H3. The number of halogens is 1. The third-order valence-electron chi connectivity index (χ3n) is 3.53. The molecule has 0 saturated heterocycles. The molecule has 0 saturated carbocycles. The molecule has 0 amide bonds. The molecule has 0 aliphatic heterocycles. The predicted molar refractivity (Wildman–Crippen MR) is 86.6 cm³/mol. The molecule has 1 heterocycles. The van der Waals surface area contributed by atoms with Crippen molar-refractivity contribution in [3.05, 3.63) is 34.0 Å². The van der Waals surface area contributed by atoms with E-state index in [0.29, 0.717) is 16.9 Å². The number of hydrogen-bond acceptors (Lipinski definition) is 2. The maximum atomic E-state index is 6.29. The van der Waals surface area contributed by atoms with Gasteiger partial charge in [-0.3, -0.25) is 0 Å². The van der Waals surface area contributed by atoms with E-state index in [0.717, 1.165) is 24.4 Å². The third-order valence-corrected chi connectivity index (χ3v) is 3.83. The SMILES string of the molecule is Cc1ccc(Cl)c2oc(CNCC(C)C)c(C(C)C)c12. The van der Waals surface area contributed by atoms with E-state index in [1.165, 1.54) is 16.5 Å². The fourth-order valence-corrected chi connectivity index (χ4v) is 2.82. The first-order valence-electron chi connectivity index (χ1n) is 7.32. The molecule has 1 aromatic heterocycles. The Bertz CT molecular complexity index is 599. The number of fused-ring (bicyclic) bond motifs is 1. The molecule has 0 aliphatic carbocycles. The quantitative estimate of drug-likeness (QED) is 0.813. The van der Waals surface area contributed by atoms with E-state index in [4.69, 9.17) is 16.0 Å². The first-order valence-corrected chi connectivity index (χ1v) is 7.70. The van der Waals surface area contributed by atoms with Gasteiger partial charge >= 0.3 is 0 Å². The Kier molecular flexibility index (Phi) is 4.77. The highest BCUT2D eigenvalue weighted by molar-refractivity contribution is 6.35. The lowest BCUT2D eigenvalue weighted by atomic mass is 9.96. The van der Waals surface area contributed by atoms with Crippen LogP contribution in [0.15, 0.2) is 16.5 Å². The molecule has 20 heavy (non-hydrogen) atoms. The van der Waals surface area contributed by atoms with Crippen LogP contribution >= 0.6 is 11.6 Å². The fraction of sp³-hybridized carbons (Fsp3) is 0.529. The second kappa shape index (κ2) is 6.19. The van der Waals surface area contributed by atoms with Crippen LogP contribution in [-0.2, 0) is 6.54 Å². The van der Waals surface area contributed by atoms with Crippen LogP contribution in [0, 0.1) is 12.8 Å². The van der Waals surface area contributed by atoms with Gasteiger partial charge < -0.3 is 9.73 Å². The molecule has 0 aliphatic rings. The number of furan rings is 1. The molecule has 3 heteroatoms. The summed E-state index contributed by atoms with van der Waals surface area (Å²) in [6.07, 6.45) is 0. The molecule has 0 fully saturated rings. The lowest BCUT2D eigenvalue weighted by Gasteiger charge is -2.10. The van der Waals surface area contributed by atoms with Gasteiger partial charge in [0.2, 0.25) is 0 Å². The highest BCUT2D eigenvalue weighted by atomic mass is 35.5. The molecule has 1 aromatic carbocycles. The summed E-state index contributed by atoms with van der Waals surface area (Å²) in [4.78, 5) is 0. The Morgan fingerprint density at radius 3 is 2.50 bits per heavy atom. The summed E-state index contributed by atoms with van der Waals surface area (Å²) in [6.45, 7) is 12.7. The molecule has 0 spiro atoms. The van der Waals surface area contributed by atoms with Gasteiger partial charge in [-0.1, -0.05) is 45.4 Å². The first kappa shape index (κ1) is 15.4. The zero-order chi connectivity index (χ0) is 14.9. The van der Waals surface area contributed by atoms with Gasteiger partial charge in [-0.25, -0.2) is 0 Å². The average molecular weight is 294 g/mol. The van der Waals surface area contributed by atoms with Crippen molar-refractivity contribution in [3.63, 3.8) is 0 Å². The molecular formula is C17H24ClNO. The Labute approximate surface area is 126 Å². The summed E-state index contributed by atoms with van der Waals surface area (Å²) in [7, 11) is 0. The number of rotatable bonds is 5. The number of benzene rings is 1. The lowest BCUT2D eigenvalue weighted by Crippen LogP contribution is -2.19. The summed E-state index contributed by atoms with van der Waals surface area (Å²) in [6, 6.07) is 3.98. The van der Waals surface area contributed by atoms with E-state index in [1.807, 2.05) is 6.07 Å². The lowest BCUT2D eigenvalue weighted by molar-refractivity contribution is 0.478. The second-order valence-corrected chi connectivity index (χ2v) is 6.59. The summed E-state index contributed by atoms with van der Waals surface area (Å²) < 4.78 is 6.06. The zero-order valence-electron chi connectivity index (χ0n) is 13.0. The van der Waals surface area contributed by atoms with Crippen molar-refractivity contribution in [2.75, 3.05) is 6.54 Å². The van der Waals surface area contributed by atoms with E-state index in [2.05, 4.69) is 46.0 Å². The molecular weight excluding hydrogens is 270 g/mol. The van der Waals surface area contributed by atoms with E-state index in [1.54, 1.807) is 0 Å². The normalized spacial score (nSPS) is 12.0. The van der Waals surface area contributed by atoms with Gasteiger partial charge in [0.05, 0.1) is 11.6 Å². The summed E-state index contributed by atoms with van der Waals surface area (Å²) in [5, 5.41) is 5.35. The number of aryl methyl sites for hydroxylation is 1. The van der Waals surface area contributed by atoms with Gasteiger partial charge in [0.25, 0.3) is 0 Å². The topological polar surface area (TPSA) is 25.2 Å². The maximum absolute atomic E-state index is 6.29. The summed E-state index contributed by atoms with van der Waals surface area (Å²) >= 11 is 6.29. The molecule has 0 unspecified atom stereocenters. The molecule has 2 nitrogen and oxygen atoms in total. The number of nitrogens with one attached hydrogen (secondary N) is 1. The van der Waals surface area contributed by atoms with Gasteiger partial charge in [0, 0.05) is 10.9 Å². The molecule has 0 atom stereocenters. The summed E-state index contributed by atoms with van der Waals surface area (Å²) in [5.74, 6) is 2.07.